The Bertz CT molecular complexity index is 304. The highest BCUT2D eigenvalue weighted by molar-refractivity contribution is 5.84. The Morgan fingerprint density at radius 1 is 1.19 bits per heavy atom. The molecule has 0 rings (SSSR count). The van der Waals surface area contributed by atoms with E-state index in [9.17, 15) is 19.8 Å². The average molecular weight is 235 g/mol. The van der Waals surface area contributed by atoms with Gasteiger partial charge in [-0.05, 0) is 0 Å². The third kappa shape index (κ3) is 3.70. The monoisotopic (exact) mass is 235 g/mol. The van der Waals surface area contributed by atoms with Crippen molar-refractivity contribution in [2.45, 2.75) is 30.8 Å². The highest BCUT2D eigenvalue weighted by atomic mass is 16.4. The fraction of sp³-hybridized carbons (Fsp3) is 0.556. The number of Topliss-reactive ketones (excluding diaryl/α,β-unsaturated/α-hetero) is 1. The van der Waals surface area contributed by atoms with E-state index in [2.05, 4.69) is 0 Å². The van der Waals surface area contributed by atoms with Gasteiger partial charge in [0.1, 0.15) is 18.3 Å². The molecule has 0 aromatic heterocycles. The summed E-state index contributed by atoms with van der Waals surface area (Å²) in [6.07, 6.45) is -7.90. The largest absolute Gasteiger partial charge is 0.479 e. The number of hydrogen-bond donors (Lipinski definition) is 5. The molecular weight excluding hydrogens is 220 g/mol. The zero-order valence-electron chi connectivity index (χ0n) is 9.22. The maximum absolute atomic E-state index is 11.2. The van der Waals surface area contributed by atoms with Crippen LogP contribution in [0.4, 0.5) is 0 Å². The summed E-state index contributed by atoms with van der Waals surface area (Å²) in [5.41, 5.74) is 0. The Morgan fingerprint density at radius 2 is 1.69 bits per heavy atom. The number of aliphatic carboxylic acids is 1. The molecule has 0 aromatic carbocycles. The summed E-state index contributed by atoms with van der Waals surface area (Å²) in [7, 11) is 0. The van der Waals surface area contributed by atoms with Crippen molar-refractivity contribution < 1.29 is 36.5 Å². The van der Waals surface area contributed by atoms with Gasteiger partial charge in [0, 0.05) is 6.42 Å². The summed E-state index contributed by atoms with van der Waals surface area (Å²) >= 11 is 0. The quantitative estimate of drug-likeness (QED) is 0.312. The van der Waals surface area contributed by atoms with Crippen LogP contribution in [0.3, 0.4) is 0 Å². The van der Waals surface area contributed by atoms with E-state index in [1.54, 1.807) is 0 Å². The first-order valence-corrected chi connectivity index (χ1v) is 4.34. The van der Waals surface area contributed by atoms with Crippen molar-refractivity contribution in [3.63, 3.8) is 0 Å². The van der Waals surface area contributed by atoms with E-state index in [-0.39, 0.29) is 6.42 Å². The van der Waals surface area contributed by atoms with E-state index in [0.29, 0.717) is 0 Å². The first-order valence-electron chi connectivity index (χ1n) is 4.91. The highest BCUT2D eigenvalue weighted by Gasteiger charge is 2.36. The second kappa shape index (κ2) is 6.33. The van der Waals surface area contributed by atoms with E-state index in [1.807, 2.05) is 0 Å². The number of allylic oxidation sites excluding steroid dienone is 1. The molecule has 0 unspecified atom stereocenters. The van der Waals surface area contributed by atoms with Crippen molar-refractivity contribution in [3.8, 4) is 0 Å². The predicted molar refractivity (Wildman–Crippen MR) is 51.5 cm³/mol. The third-order valence-electron chi connectivity index (χ3n) is 1.90. The van der Waals surface area contributed by atoms with Gasteiger partial charge >= 0.3 is 5.97 Å². The summed E-state index contributed by atoms with van der Waals surface area (Å²) in [5, 5.41) is 44.9. The lowest BCUT2D eigenvalue weighted by molar-refractivity contribution is -0.165. The fourth-order valence-electron chi connectivity index (χ4n) is 0.947. The van der Waals surface area contributed by atoms with Crippen molar-refractivity contribution in [1.82, 2.24) is 0 Å². The Hall–Kier alpha value is -1.28. The lowest BCUT2D eigenvalue weighted by Gasteiger charge is -2.23. The molecule has 0 heterocycles. The van der Waals surface area contributed by atoms with Gasteiger partial charge in [0.15, 0.2) is 11.9 Å². The van der Waals surface area contributed by atoms with Crippen LogP contribution in [0.5, 0.6) is 0 Å². The summed E-state index contributed by atoms with van der Waals surface area (Å²) in [6, 6.07) is 0. The van der Waals surface area contributed by atoms with Gasteiger partial charge in [-0.15, -0.1) is 6.55 Å². The summed E-state index contributed by atoms with van der Waals surface area (Å²) in [6.45, 7) is 0.805. The van der Waals surface area contributed by atoms with E-state index in [4.69, 9.17) is 16.7 Å². The molecule has 0 amide bonds. The number of carboxylic acids is 1. The van der Waals surface area contributed by atoms with E-state index < -0.39 is 36.2 Å². The van der Waals surface area contributed by atoms with Gasteiger partial charge in [-0.25, -0.2) is 4.79 Å². The van der Waals surface area contributed by atoms with Crippen molar-refractivity contribution in [1.29, 1.82) is 0 Å². The second-order valence-corrected chi connectivity index (χ2v) is 3.12. The summed E-state index contributed by atoms with van der Waals surface area (Å²) in [4.78, 5) is 21.4. The third-order valence-corrected chi connectivity index (χ3v) is 1.90. The molecule has 0 aliphatic heterocycles. The molecule has 0 aliphatic rings. The van der Waals surface area contributed by atoms with Gasteiger partial charge in [0.25, 0.3) is 0 Å². The average Bonchev–Trinajstić information content (AvgIpc) is 2.31. The van der Waals surface area contributed by atoms with E-state index >= 15 is 0 Å². The van der Waals surface area contributed by atoms with Gasteiger partial charge in [-0.2, -0.15) is 0 Å². The van der Waals surface area contributed by atoms with Crippen molar-refractivity contribution in [2.75, 3.05) is 0 Å². The number of carbonyl (C=O) groups excluding carboxylic acids is 1. The number of rotatable bonds is 7. The van der Waals surface area contributed by atoms with Gasteiger partial charge < -0.3 is 25.5 Å². The normalized spacial score (nSPS) is 19.9. The molecule has 0 spiro atoms. The van der Waals surface area contributed by atoms with Crippen LogP contribution in [0.25, 0.3) is 0 Å². The number of aliphatic hydroxyl groups excluding tert-OH is 4. The molecule has 0 fully saturated rings. The number of carbonyl (C=O) groups is 2. The maximum Gasteiger partial charge on any atom is 0.335 e. The van der Waals surface area contributed by atoms with E-state index in [1.165, 1.54) is 0 Å². The maximum atomic E-state index is 11.2. The first-order chi connectivity index (χ1) is 7.82. The molecular formula is C9H14O7. The van der Waals surface area contributed by atoms with E-state index in [0.717, 1.165) is 12.6 Å². The molecule has 0 saturated carbocycles. The number of ketones is 1. The number of carboxylic acid groups (broad SMARTS) is 1. The van der Waals surface area contributed by atoms with Crippen LogP contribution in [-0.2, 0) is 9.59 Å². The van der Waals surface area contributed by atoms with Crippen LogP contribution in [0.15, 0.2) is 12.6 Å². The molecule has 7 nitrogen and oxygen atoms in total. The molecule has 16 heavy (non-hydrogen) atoms. The molecule has 0 aromatic rings. The molecule has 0 aliphatic carbocycles. The van der Waals surface area contributed by atoms with Gasteiger partial charge in [-0.1, -0.05) is 6.08 Å². The molecule has 4 atom stereocenters. The second-order valence-electron chi connectivity index (χ2n) is 3.12. The number of hydrogen-bond acceptors (Lipinski definition) is 6. The molecule has 92 valence electrons. The minimum Gasteiger partial charge on any atom is -0.479 e. The van der Waals surface area contributed by atoms with Crippen molar-refractivity contribution >= 4 is 11.8 Å². The lowest BCUT2D eigenvalue weighted by Crippen LogP contribution is -2.49. The van der Waals surface area contributed by atoms with Crippen LogP contribution >= 0.6 is 0 Å². The van der Waals surface area contributed by atoms with Crippen LogP contribution in [0.2, 0.25) is 0 Å². The molecule has 0 radical (unpaired) electrons. The van der Waals surface area contributed by atoms with Crippen LogP contribution in [0.1, 0.15) is 7.79 Å². The van der Waals surface area contributed by atoms with Crippen LogP contribution in [0, 0.1) is 0 Å². The SMILES string of the molecule is [2H]C=CCC(=O)[C@H](O)[C@@H](O)[C@H](O)[C@H](O)C(=O)O. The Morgan fingerprint density at radius 3 is 2.12 bits per heavy atom. The minimum absolute atomic E-state index is 0.350. The molecule has 7 heteroatoms. The minimum atomic E-state index is -2.31. The van der Waals surface area contributed by atoms with Crippen LogP contribution in [-0.4, -0.2) is 61.7 Å². The Labute approximate surface area is 92.7 Å². The van der Waals surface area contributed by atoms with Crippen LogP contribution < -0.4 is 0 Å². The van der Waals surface area contributed by atoms with Gasteiger partial charge in [0.05, 0.1) is 1.37 Å². The predicted octanol–water partition coefficient (Wildman–Crippen LogP) is -2.34. The molecule has 5 N–H and O–H groups in total. The highest BCUT2D eigenvalue weighted by Crippen LogP contribution is 2.08. The summed E-state index contributed by atoms with van der Waals surface area (Å²) < 4.78 is 6.61. The Kier molecular flexibility index (Phi) is 5.06. The van der Waals surface area contributed by atoms with Gasteiger partial charge in [-0.3, -0.25) is 4.79 Å². The van der Waals surface area contributed by atoms with Gasteiger partial charge in [0.2, 0.25) is 0 Å². The van der Waals surface area contributed by atoms with Crippen molar-refractivity contribution in [2.24, 2.45) is 0 Å². The van der Waals surface area contributed by atoms with Crippen molar-refractivity contribution in [3.05, 3.63) is 12.6 Å². The zero-order valence-corrected chi connectivity index (χ0v) is 8.22. The first kappa shape index (κ1) is 12.8. The molecule has 0 saturated heterocycles. The number of aliphatic hydroxyl groups is 4. The smallest absolute Gasteiger partial charge is 0.335 e. The zero-order chi connectivity index (χ0) is 13.6. The standard InChI is InChI=1S/C9H14O7/c1-2-3-4(10)5(11)6(12)7(13)8(14)9(15)16/h2,5-8,11-14H,1,3H2,(H,15,16)/t5-,6+,7-,8-/m0/s1/i1D. The Balaban J connectivity index is 4.52. The summed E-state index contributed by atoms with van der Waals surface area (Å²) in [5.74, 6) is -2.69. The topological polar surface area (TPSA) is 135 Å². The molecule has 0 bridgehead atoms. The fourth-order valence-corrected chi connectivity index (χ4v) is 0.947. The lowest BCUT2D eigenvalue weighted by atomic mass is 9.99.